The summed E-state index contributed by atoms with van der Waals surface area (Å²) in [5, 5.41) is 2.85. The lowest BCUT2D eigenvalue weighted by molar-refractivity contribution is -0.114. The van der Waals surface area contributed by atoms with Gasteiger partial charge in [-0.25, -0.2) is 0 Å². The number of para-hydroxylation sites is 1. The van der Waals surface area contributed by atoms with E-state index in [-0.39, 0.29) is 12.0 Å². The minimum atomic E-state index is -0.274. The molecule has 1 unspecified atom stereocenters. The Bertz CT molecular complexity index is 981. The number of hydrogen-bond acceptors (Lipinski definition) is 3. The molecule has 4 rings (SSSR count). The summed E-state index contributed by atoms with van der Waals surface area (Å²) < 4.78 is 11.7. The molecule has 1 atom stereocenters. The molecular weight excluding hydrogens is 326 g/mol. The number of anilines is 1. The molecule has 0 bridgehead atoms. The van der Waals surface area contributed by atoms with Crippen molar-refractivity contribution in [3.63, 3.8) is 0 Å². The molecule has 26 heavy (non-hydrogen) atoms. The third kappa shape index (κ3) is 2.90. The summed E-state index contributed by atoms with van der Waals surface area (Å²) in [6.45, 7) is 1.50. The highest BCUT2D eigenvalue weighted by Gasteiger charge is 2.27. The summed E-state index contributed by atoms with van der Waals surface area (Å²) in [5.74, 6) is 1.53. The van der Waals surface area contributed by atoms with Crippen LogP contribution in [0.4, 0.5) is 5.69 Å². The second-order valence-electron chi connectivity index (χ2n) is 6.25. The fourth-order valence-electron chi connectivity index (χ4n) is 3.34. The van der Waals surface area contributed by atoms with Crippen molar-refractivity contribution in [3.8, 4) is 22.6 Å². The van der Waals surface area contributed by atoms with E-state index >= 15 is 0 Å². The Balaban J connectivity index is 1.87. The topological polar surface area (TPSA) is 47.6 Å². The second kappa shape index (κ2) is 6.56. The third-order valence-electron chi connectivity index (χ3n) is 4.47. The quantitative estimate of drug-likeness (QED) is 0.741. The molecule has 0 aromatic heterocycles. The predicted molar refractivity (Wildman–Crippen MR) is 102 cm³/mol. The van der Waals surface area contributed by atoms with Gasteiger partial charge in [-0.05, 0) is 35.9 Å². The van der Waals surface area contributed by atoms with E-state index in [4.69, 9.17) is 9.47 Å². The smallest absolute Gasteiger partial charge is 0.221 e. The first kappa shape index (κ1) is 16.2. The monoisotopic (exact) mass is 345 g/mol. The molecule has 3 aromatic carbocycles. The Kier molecular flexibility index (Phi) is 4.09. The number of amides is 1. The molecule has 1 heterocycles. The zero-order valence-electron chi connectivity index (χ0n) is 14.7. The molecule has 130 valence electrons. The van der Waals surface area contributed by atoms with Crippen LogP contribution in [0.25, 0.3) is 11.1 Å². The molecule has 3 aromatic rings. The first-order valence-corrected chi connectivity index (χ1v) is 8.47. The van der Waals surface area contributed by atoms with Crippen molar-refractivity contribution < 1.29 is 14.3 Å². The zero-order valence-corrected chi connectivity index (χ0v) is 14.7. The van der Waals surface area contributed by atoms with Crippen LogP contribution in [-0.2, 0) is 4.79 Å². The normalized spacial score (nSPS) is 14.6. The van der Waals surface area contributed by atoms with E-state index in [1.807, 2.05) is 66.7 Å². The predicted octanol–water partition coefficient (Wildman–Crippen LogP) is 4.80. The van der Waals surface area contributed by atoms with Gasteiger partial charge in [0, 0.05) is 29.3 Å². The van der Waals surface area contributed by atoms with Crippen LogP contribution in [0.2, 0.25) is 0 Å². The van der Waals surface area contributed by atoms with Gasteiger partial charge in [-0.1, -0.05) is 36.4 Å². The van der Waals surface area contributed by atoms with E-state index in [2.05, 4.69) is 5.32 Å². The van der Waals surface area contributed by atoms with Crippen LogP contribution in [0.5, 0.6) is 11.5 Å². The summed E-state index contributed by atoms with van der Waals surface area (Å²) >= 11 is 0. The molecule has 0 radical (unpaired) electrons. The molecule has 1 aliphatic heterocycles. The first-order valence-electron chi connectivity index (χ1n) is 8.47. The molecule has 0 saturated carbocycles. The van der Waals surface area contributed by atoms with Gasteiger partial charge in [-0.15, -0.1) is 0 Å². The standard InChI is InChI=1S/C22H19NO3/c1-14(24)23-16-10-11-18-19-8-3-4-9-21(19)26-22(20(18)13-16)15-6-5-7-17(12-15)25-2/h3-13,22H,1-2H3,(H,23,24). The molecule has 1 aliphatic rings. The van der Waals surface area contributed by atoms with Gasteiger partial charge in [0.25, 0.3) is 0 Å². The van der Waals surface area contributed by atoms with E-state index in [1.165, 1.54) is 6.92 Å². The summed E-state index contributed by atoms with van der Waals surface area (Å²) in [4.78, 5) is 11.5. The fraction of sp³-hybridized carbons (Fsp3) is 0.136. The summed E-state index contributed by atoms with van der Waals surface area (Å²) in [6.07, 6.45) is -0.274. The number of benzene rings is 3. The average molecular weight is 345 g/mol. The van der Waals surface area contributed by atoms with Crippen LogP contribution >= 0.6 is 0 Å². The number of carbonyl (C=O) groups is 1. The zero-order chi connectivity index (χ0) is 18.1. The van der Waals surface area contributed by atoms with Crippen molar-refractivity contribution >= 4 is 11.6 Å². The van der Waals surface area contributed by atoms with Gasteiger partial charge in [-0.3, -0.25) is 4.79 Å². The fourth-order valence-corrected chi connectivity index (χ4v) is 3.34. The van der Waals surface area contributed by atoms with E-state index in [0.29, 0.717) is 0 Å². The first-order chi connectivity index (χ1) is 12.7. The maximum atomic E-state index is 11.5. The number of nitrogens with one attached hydrogen (secondary N) is 1. The van der Waals surface area contributed by atoms with Crippen molar-refractivity contribution in [1.29, 1.82) is 0 Å². The van der Waals surface area contributed by atoms with Crippen molar-refractivity contribution in [2.24, 2.45) is 0 Å². The van der Waals surface area contributed by atoms with Gasteiger partial charge < -0.3 is 14.8 Å². The van der Waals surface area contributed by atoms with Gasteiger partial charge in [0.15, 0.2) is 0 Å². The Morgan fingerprint density at radius 3 is 2.65 bits per heavy atom. The maximum absolute atomic E-state index is 11.5. The Hall–Kier alpha value is -3.27. The van der Waals surface area contributed by atoms with Crippen LogP contribution in [-0.4, -0.2) is 13.0 Å². The molecule has 1 N–H and O–H groups in total. The maximum Gasteiger partial charge on any atom is 0.221 e. The number of methoxy groups -OCH3 is 1. The van der Waals surface area contributed by atoms with Crippen LogP contribution in [0, 0.1) is 0 Å². The number of hydrogen-bond donors (Lipinski definition) is 1. The lowest BCUT2D eigenvalue weighted by Crippen LogP contribution is -2.16. The number of carbonyl (C=O) groups excluding carboxylic acids is 1. The van der Waals surface area contributed by atoms with E-state index < -0.39 is 0 Å². The van der Waals surface area contributed by atoms with Crippen molar-refractivity contribution in [2.75, 3.05) is 12.4 Å². The minimum Gasteiger partial charge on any atom is -0.497 e. The van der Waals surface area contributed by atoms with Gasteiger partial charge in [0.1, 0.15) is 17.6 Å². The Morgan fingerprint density at radius 1 is 1.00 bits per heavy atom. The molecule has 0 saturated heterocycles. The van der Waals surface area contributed by atoms with Crippen LogP contribution in [0.1, 0.15) is 24.2 Å². The van der Waals surface area contributed by atoms with Crippen LogP contribution in [0.3, 0.4) is 0 Å². The van der Waals surface area contributed by atoms with Gasteiger partial charge in [-0.2, -0.15) is 0 Å². The van der Waals surface area contributed by atoms with Crippen LogP contribution < -0.4 is 14.8 Å². The highest BCUT2D eigenvalue weighted by atomic mass is 16.5. The van der Waals surface area contributed by atoms with Crippen molar-refractivity contribution in [2.45, 2.75) is 13.0 Å². The molecule has 0 aliphatic carbocycles. The van der Waals surface area contributed by atoms with E-state index in [1.54, 1.807) is 7.11 Å². The molecule has 0 spiro atoms. The number of fused-ring (bicyclic) bond motifs is 3. The molecular formula is C22H19NO3. The Morgan fingerprint density at radius 2 is 1.85 bits per heavy atom. The van der Waals surface area contributed by atoms with Gasteiger partial charge in [0.2, 0.25) is 5.91 Å². The average Bonchev–Trinajstić information content (AvgIpc) is 2.66. The highest BCUT2D eigenvalue weighted by Crippen LogP contribution is 2.45. The molecule has 4 nitrogen and oxygen atoms in total. The SMILES string of the molecule is COc1cccc(C2Oc3ccccc3-c3ccc(NC(C)=O)cc32)c1. The lowest BCUT2D eigenvalue weighted by atomic mass is 9.89. The largest absolute Gasteiger partial charge is 0.497 e. The lowest BCUT2D eigenvalue weighted by Gasteiger charge is -2.29. The van der Waals surface area contributed by atoms with Gasteiger partial charge in [0.05, 0.1) is 7.11 Å². The third-order valence-corrected chi connectivity index (χ3v) is 4.47. The minimum absolute atomic E-state index is 0.0972. The van der Waals surface area contributed by atoms with Crippen molar-refractivity contribution in [3.05, 3.63) is 77.9 Å². The Labute approximate surface area is 152 Å². The summed E-state index contributed by atoms with van der Waals surface area (Å²) in [6, 6.07) is 21.8. The van der Waals surface area contributed by atoms with E-state index in [0.717, 1.165) is 39.4 Å². The number of rotatable bonds is 3. The van der Waals surface area contributed by atoms with Crippen LogP contribution in [0.15, 0.2) is 66.7 Å². The van der Waals surface area contributed by atoms with E-state index in [9.17, 15) is 4.79 Å². The molecule has 1 amide bonds. The highest BCUT2D eigenvalue weighted by molar-refractivity contribution is 5.90. The van der Waals surface area contributed by atoms with Gasteiger partial charge >= 0.3 is 0 Å². The number of ether oxygens (including phenoxy) is 2. The summed E-state index contributed by atoms with van der Waals surface area (Å²) in [7, 11) is 1.65. The molecule has 0 fully saturated rings. The summed E-state index contributed by atoms with van der Waals surface area (Å²) in [5.41, 5.74) is 4.93. The second-order valence-corrected chi connectivity index (χ2v) is 6.25. The van der Waals surface area contributed by atoms with Crippen molar-refractivity contribution in [1.82, 2.24) is 0 Å². The molecule has 4 heteroatoms.